The minimum Gasteiger partial charge on any atom is -0.461 e. The summed E-state index contributed by atoms with van der Waals surface area (Å²) in [6, 6.07) is 12.3. The number of anilines is 1. The quantitative estimate of drug-likeness (QED) is 0.769. The van der Waals surface area contributed by atoms with Gasteiger partial charge in [0.2, 0.25) is 0 Å². The van der Waals surface area contributed by atoms with Crippen molar-refractivity contribution in [2.24, 2.45) is 0 Å². The molecule has 1 amide bonds. The molecule has 0 saturated heterocycles. The van der Waals surface area contributed by atoms with E-state index in [2.05, 4.69) is 5.32 Å². The van der Waals surface area contributed by atoms with Crippen LogP contribution in [0.2, 0.25) is 5.02 Å². The molecule has 0 radical (unpaired) electrons. The first-order valence-electron chi connectivity index (χ1n) is 7.81. The number of hydrogen-bond acceptors (Lipinski definition) is 3. The number of ether oxygens (including phenoxy) is 1. The average molecular weight is 346 g/mol. The summed E-state index contributed by atoms with van der Waals surface area (Å²) in [6.07, 6.45) is 1.18. The highest BCUT2D eigenvalue weighted by Crippen LogP contribution is 2.20. The summed E-state index contributed by atoms with van der Waals surface area (Å²) in [5.41, 5.74) is 2.97. The van der Waals surface area contributed by atoms with Crippen LogP contribution in [0.25, 0.3) is 0 Å². The van der Waals surface area contributed by atoms with Gasteiger partial charge in [-0.2, -0.15) is 0 Å². The molecule has 2 aromatic carbocycles. The van der Waals surface area contributed by atoms with Gasteiger partial charge >= 0.3 is 5.97 Å². The van der Waals surface area contributed by atoms with Crippen LogP contribution in [-0.4, -0.2) is 11.9 Å². The Morgan fingerprint density at radius 2 is 1.83 bits per heavy atom. The summed E-state index contributed by atoms with van der Waals surface area (Å²) in [4.78, 5) is 23.6. The van der Waals surface area contributed by atoms with Gasteiger partial charge in [0.25, 0.3) is 5.91 Å². The zero-order chi connectivity index (χ0) is 17.5. The molecular weight excluding hydrogens is 326 g/mol. The third-order valence-corrected chi connectivity index (χ3v) is 3.91. The Labute approximate surface area is 146 Å². The minimum absolute atomic E-state index is 0.203. The highest BCUT2D eigenvalue weighted by molar-refractivity contribution is 6.31. The Hall–Kier alpha value is -2.33. The first-order valence-corrected chi connectivity index (χ1v) is 8.19. The van der Waals surface area contributed by atoms with E-state index >= 15 is 0 Å². The van der Waals surface area contributed by atoms with Gasteiger partial charge < -0.3 is 10.1 Å². The number of amides is 1. The van der Waals surface area contributed by atoms with Gasteiger partial charge in [0.05, 0.1) is 0 Å². The maximum absolute atomic E-state index is 12.2. The van der Waals surface area contributed by atoms with Crippen molar-refractivity contribution in [1.82, 2.24) is 0 Å². The van der Waals surface area contributed by atoms with Crippen LogP contribution in [-0.2, 0) is 16.1 Å². The third kappa shape index (κ3) is 5.10. The molecule has 0 aliphatic rings. The topological polar surface area (TPSA) is 55.4 Å². The van der Waals surface area contributed by atoms with E-state index in [4.69, 9.17) is 16.3 Å². The largest absolute Gasteiger partial charge is 0.461 e. The molecule has 0 atom stereocenters. The van der Waals surface area contributed by atoms with Gasteiger partial charge in [0.1, 0.15) is 6.61 Å². The van der Waals surface area contributed by atoms with Gasteiger partial charge in [-0.1, -0.05) is 30.7 Å². The highest BCUT2D eigenvalue weighted by Gasteiger charge is 2.08. The standard InChI is InChI=1S/C19H20ClNO3/c1-3-4-18(22)24-12-14-5-7-15(8-6-14)19(23)21-16-9-10-17(20)13(2)11-16/h5-11H,3-4,12H2,1-2H3,(H,21,23). The number of benzene rings is 2. The van der Waals surface area contributed by atoms with E-state index in [1.54, 1.807) is 36.4 Å². The van der Waals surface area contributed by atoms with Crippen LogP contribution in [0.15, 0.2) is 42.5 Å². The van der Waals surface area contributed by atoms with E-state index in [0.29, 0.717) is 22.7 Å². The van der Waals surface area contributed by atoms with Crippen LogP contribution in [0.3, 0.4) is 0 Å². The van der Waals surface area contributed by atoms with Gasteiger partial charge in [0, 0.05) is 22.7 Å². The predicted octanol–water partition coefficient (Wildman–Crippen LogP) is 4.74. The Morgan fingerprint density at radius 3 is 2.46 bits per heavy atom. The summed E-state index contributed by atoms with van der Waals surface area (Å²) in [5, 5.41) is 3.49. The summed E-state index contributed by atoms with van der Waals surface area (Å²) < 4.78 is 5.14. The summed E-state index contributed by atoms with van der Waals surface area (Å²) in [5.74, 6) is -0.413. The van der Waals surface area contributed by atoms with E-state index in [9.17, 15) is 9.59 Å². The molecule has 0 fully saturated rings. The van der Waals surface area contributed by atoms with Crippen LogP contribution in [0.4, 0.5) is 5.69 Å². The van der Waals surface area contributed by atoms with Crippen LogP contribution in [0.1, 0.15) is 41.3 Å². The van der Waals surface area contributed by atoms with Gasteiger partial charge in [-0.3, -0.25) is 9.59 Å². The molecule has 0 heterocycles. The number of nitrogens with one attached hydrogen (secondary N) is 1. The Bertz CT molecular complexity index is 726. The Morgan fingerprint density at radius 1 is 1.12 bits per heavy atom. The van der Waals surface area contributed by atoms with E-state index in [1.165, 1.54) is 0 Å². The molecule has 1 N–H and O–H groups in total. The summed E-state index contributed by atoms with van der Waals surface area (Å²) >= 11 is 5.97. The lowest BCUT2D eigenvalue weighted by Gasteiger charge is -2.08. The molecule has 5 heteroatoms. The Balaban J connectivity index is 1.95. The molecule has 2 rings (SSSR count). The van der Waals surface area contributed by atoms with Crippen molar-refractivity contribution in [2.75, 3.05) is 5.32 Å². The number of rotatable bonds is 6. The van der Waals surface area contributed by atoms with Gasteiger partial charge in [-0.15, -0.1) is 0 Å². The zero-order valence-electron chi connectivity index (χ0n) is 13.8. The summed E-state index contributed by atoms with van der Waals surface area (Å²) in [6.45, 7) is 4.03. The molecule has 0 aliphatic carbocycles. The lowest BCUT2D eigenvalue weighted by molar-refractivity contribution is -0.144. The predicted molar refractivity (Wildman–Crippen MR) is 95.3 cm³/mol. The minimum atomic E-state index is -0.211. The monoisotopic (exact) mass is 345 g/mol. The second kappa shape index (κ2) is 8.50. The average Bonchev–Trinajstić information content (AvgIpc) is 2.57. The van der Waals surface area contributed by atoms with Crippen molar-refractivity contribution in [3.05, 3.63) is 64.2 Å². The number of halogens is 1. The molecule has 0 bridgehead atoms. The van der Waals surface area contributed by atoms with Crippen LogP contribution < -0.4 is 5.32 Å². The molecule has 24 heavy (non-hydrogen) atoms. The SMILES string of the molecule is CCCC(=O)OCc1ccc(C(=O)Nc2ccc(Cl)c(C)c2)cc1. The number of hydrogen-bond donors (Lipinski definition) is 1. The van der Waals surface area contributed by atoms with Crippen LogP contribution in [0, 0.1) is 6.92 Å². The number of aryl methyl sites for hydroxylation is 1. The van der Waals surface area contributed by atoms with Crippen molar-refractivity contribution in [3.63, 3.8) is 0 Å². The number of carbonyl (C=O) groups excluding carboxylic acids is 2. The van der Waals surface area contributed by atoms with Gasteiger partial charge in [0.15, 0.2) is 0 Å². The number of carbonyl (C=O) groups is 2. The van der Waals surface area contributed by atoms with E-state index < -0.39 is 0 Å². The highest BCUT2D eigenvalue weighted by atomic mass is 35.5. The molecule has 0 saturated carbocycles. The van der Waals surface area contributed by atoms with Crippen molar-refractivity contribution in [3.8, 4) is 0 Å². The van der Waals surface area contributed by atoms with Gasteiger partial charge in [-0.05, 0) is 54.8 Å². The molecule has 0 spiro atoms. The molecule has 4 nitrogen and oxygen atoms in total. The lowest BCUT2D eigenvalue weighted by atomic mass is 10.1. The first-order chi connectivity index (χ1) is 11.5. The van der Waals surface area contributed by atoms with E-state index in [0.717, 1.165) is 17.5 Å². The third-order valence-electron chi connectivity index (χ3n) is 3.49. The Kier molecular flexibility index (Phi) is 6.38. The van der Waals surface area contributed by atoms with Crippen molar-refractivity contribution < 1.29 is 14.3 Å². The van der Waals surface area contributed by atoms with Gasteiger partial charge in [-0.25, -0.2) is 0 Å². The lowest BCUT2D eigenvalue weighted by Crippen LogP contribution is -2.12. The fourth-order valence-electron chi connectivity index (χ4n) is 2.12. The fraction of sp³-hybridized carbons (Fsp3) is 0.263. The fourth-order valence-corrected chi connectivity index (χ4v) is 2.24. The van der Waals surface area contributed by atoms with Crippen molar-refractivity contribution in [1.29, 1.82) is 0 Å². The smallest absolute Gasteiger partial charge is 0.306 e. The second-order valence-electron chi connectivity index (χ2n) is 5.53. The van der Waals surface area contributed by atoms with Crippen LogP contribution >= 0.6 is 11.6 Å². The van der Waals surface area contributed by atoms with E-state index in [-0.39, 0.29) is 18.5 Å². The van der Waals surface area contributed by atoms with E-state index in [1.807, 2.05) is 19.9 Å². The molecule has 0 aliphatic heterocycles. The number of esters is 1. The second-order valence-corrected chi connectivity index (χ2v) is 5.93. The first kappa shape index (κ1) is 18.0. The van der Waals surface area contributed by atoms with Crippen molar-refractivity contribution in [2.45, 2.75) is 33.3 Å². The molecule has 2 aromatic rings. The maximum Gasteiger partial charge on any atom is 0.306 e. The molecule has 0 unspecified atom stereocenters. The molecular formula is C19H20ClNO3. The zero-order valence-corrected chi connectivity index (χ0v) is 14.5. The summed E-state index contributed by atoms with van der Waals surface area (Å²) in [7, 11) is 0. The van der Waals surface area contributed by atoms with Crippen molar-refractivity contribution >= 4 is 29.2 Å². The normalized spacial score (nSPS) is 10.3. The molecule has 0 aromatic heterocycles. The molecule has 126 valence electrons. The van der Waals surface area contributed by atoms with Crippen LogP contribution in [0.5, 0.6) is 0 Å². The maximum atomic E-state index is 12.2.